The predicted octanol–water partition coefficient (Wildman–Crippen LogP) is 5.62. The van der Waals surface area contributed by atoms with Crippen molar-refractivity contribution in [3.05, 3.63) is 89.7 Å². The van der Waals surface area contributed by atoms with Crippen molar-refractivity contribution in [1.82, 2.24) is 14.8 Å². The molecule has 2 N–H and O–H groups in total. The average Bonchev–Trinajstić information content (AvgIpc) is 3.23. The van der Waals surface area contributed by atoms with Crippen LogP contribution in [0.1, 0.15) is 15.9 Å². The second-order valence-corrected chi connectivity index (χ2v) is 8.73. The number of alkyl halides is 3. The van der Waals surface area contributed by atoms with Crippen LogP contribution in [0.2, 0.25) is 0 Å². The van der Waals surface area contributed by atoms with Crippen LogP contribution in [0.4, 0.5) is 28.9 Å². The van der Waals surface area contributed by atoms with Crippen LogP contribution in [0.3, 0.4) is 0 Å². The molecule has 190 valence electrons. The van der Waals surface area contributed by atoms with Crippen LogP contribution in [-0.4, -0.2) is 32.3 Å². The lowest BCUT2D eigenvalue weighted by molar-refractivity contribution is -0.137. The maximum absolute atomic E-state index is 13.1. The highest BCUT2D eigenvalue weighted by molar-refractivity contribution is 7.99. The minimum atomic E-state index is -4.59. The molecule has 0 aliphatic rings. The van der Waals surface area contributed by atoms with Gasteiger partial charge in [0.05, 0.1) is 17.0 Å². The van der Waals surface area contributed by atoms with Crippen molar-refractivity contribution < 1.29 is 27.2 Å². The number of hydrogen-bond donors (Lipinski definition) is 2. The average molecular weight is 530 g/mol. The maximum Gasteiger partial charge on any atom is 0.418 e. The molecule has 0 bridgehead atoms. The number of hydrogen-bond acceptors (Lipinski definition) is 5. The topological polar surface area (TPSA) is 88.9 Å². The zero-order chi connectivity index (χ0) is 26.6. The highest BCUT2D eigenvalue weighted by atomic mass is 32.2. The van der Waals surface area contributed by atoms with E-state index in [4.69, 9.17) is 0 Å². The minimum absolute atomic E-state index is 0.174. The van der Waals surface area contributed by atoms with Crippen molar-refractivity contribution in [3.63, 3.8) is 0 Å². The molecule has 0 fully saturated rings. The summed E-state index contributed by atoms with van der Waals surface area (Å²) in [5.74, 6) is -1.13. The molecular formula is C25H19F4N5O2S. The molecule has 1 aromatic heterocycles. The Labute approximate surface area is 212 Å². The molecule has 7 nitrogen and oxygen atoms in total. The Kier molecular flexibility index (Phi) is 7.58. The fourth-order valence-corrected chi connectivity index (χ4v) is 4.07. The molecule has 4 aromatic rings. The molecule has 0 atom stereocenters. The third kappa shape index (κ3) is 6.33. The number of nitrogens with zero attached hydrogens (tertiary/aromatic N) is 3. The predicted molar refractivity (Wildman–Crippen MR) is 132 cm³/mol. The smallest absolute Gasteiger partial charge is 0.325 e. The number of thioether (sulfide) groups is 1. The Hall–Kier alpha value is -4.19. The first-order valence-corrected chi connectivity index (χ1v) is 11.8. The first-order chi connectivity index (χ1) is 17.6. The van der Waals surface area contributed by atoms with Crippen molar-refractivity contribution in [2.24, 2.45) is 7.05 Å². The minimum Gasteiger partial charge on any atom is -0.325 e. The molecule has 0 unspecified atom stereocenters. The van der Waals surface area contributed by atoms with Crippen LogP contribution in [0, 0.1) is 5.82 Å². The quantitative estimate of drug-likeness (QED) is 0.240. The second kappa shape index (κ2) is 10.8. The molecule has 12 heteroatoms. The van der Waals surface area contributed by atoms with Gasteiger partial charge >= 0.3 is 6.18 Å². The Morgan fingerprint density at radius 1 is 0.919 bits per heavy atom. The number of para-hydroxylation sites is 1. The standard InChI is InChI=1S/C25H19F4N5O2S/c1-34-22(15-8-12-18(13-9-15)30-23(36)16-6-10-17(26)11-7-16)32-33-24(34)37-14-21(35)31-20-5-3-2-4-19(20)25(27,28)29/h2-13H,14H2,1H3,(H,30,36)(H,31,35). The number of nitrogens with one attached hydrogen (secondary N) is 2. The van der Waals surface area contributed by atoms with Crippen LogP contribution >= 0.6 is 11.8 Å². The number of rotatable bonds is 7. The summed E-state index contributed by atoms with van der Waals surface area (Å²) in [6.07, 6.45) is -4.59. The lowest BCUT2D eigenvalue weighted by Crippen LogP contribution is -2.18. The fraction of sp³-hybridized carbons (Fsp3) is 0.120. The number of carbonyl (C=O) groups is 2. The van der Waals surface area contributed by atoms with Gasteiger partial charge in [0, 0.05) is 23.9 Å². The van der Waals surface area contributed by atoms with Gasteiger partial charge in [-0.2, -0.15) is 13.2 Å². The molecular weight excluding hydrogens is 510 g/mol. The third-order valence-electron chi connectivity index (χ3n) is 5.18. The fourth-order valence-electron chi connectivity index (χ4n) is 3.35. The van der Waals surface area contributed by atoms with Gasteiger partial charge in [0.1, 0.15) is 5.82 Å². The van der Waals surface area contributed by atoms with Gasteiger partial charge in [-0.25, -0.2) is 4.39 Å². The molecule has 0 radical (unpaired) electrons. The maximum atomic E-state index is 13.1. The summed E-state index contributed by atoms with van der Waals surface area (Å²) >= 11 is 1.03. The van der Waals surface area contributed by atoms with Crippen molar-refractivity contribution in [3.8, 4) is 11.4 Å². The van der Waals surface area contributed by atoms with E-state index in [0.717, 1.165) is 17.8 Å². The molecule has 3 aromatic carbocycles. The highest BCUT2D eigenvalue weighted by Gasteiger charge is 2.33. The zero-order valence-electron chi connectivity index (χ0n) is 19.2. The van der Waals surface area contributed by atoms with E-state index in [0.29, 0.717) is 27.8 Å². The summed E-state index contributed by atoms with van der Waals surface area (Å²) in [5.41, 5.74) is 0.277. The number of aromatic nitrogens is 3. The van der Waals surface area contributed by atoms with E-state index in [2.05, 4.69) is 20.8 Å². The summed E-state index contributed by atoms with van der Waals surface area (Å²) in [7, 11) is 1.69. The van der Waals surface area contributed by atoms with Crippen molar-refractivity contribution >= 4 is 35.0 Å². The molecule has 0 spiro atoms. The SMILES string of the molecule is Cn1c(SCC(=O)Nc2ccccc2C(F)(F)F)nnc1-c1ccc(NC(=O)c2ccc(F)cc2)cc1. The monoisotopic (exact) mass is 529 g/mol. The van der Waals surface area contributed by atoms with E-state index in [9.17, 15) is 27.2 Å². The van der Waals surface area contributed by atoms with Gasteiger partial charge in [-0.1, -0.05) is 23.9 Å². The number of carbonyl (C=O) groups excluding carboxylic acids is 2. The Bertz CT molecular complexity index is 1420. The first-order valence-electron chi connectivity index (χ1n) is 10.8. The lowest BCUT2D eigenvalue weighted by atomic mass is 10.1. The second-order valence-electron chi connectivity index (χ2n) is 7.78. The molecule has 4 rings (SSSR count). The van der Waals surface area contributed by atoms with Crippen molar-refractivity contribution in [1.29, 1.82) is 0 Å². The summed E-state index contributed by atoms with van der Waals surface area (Å²) in [6, 6.07) is 16.7. The normalized spacial score (nSPS) is 11.3. The van der Waals surface area contributed by atoms with Crippen LogP contribution in [0.15, 0.2) is 78.0 Å². The van der Waals surface area contributed by atoms with E-state index in [-0.39, 0.29) is 17.3 Å². The Balaban J connectivity index is 1.37. The van der Waals surface area contributed by atoms with Crippen LogP contribution in [-0.2, 0) is 18.0 Å². The van der Waals surface area contributed by atoms with E-state index < -0.39 is 23.5 Å². The van der Waals surface area contributed by atoms with Gasteiger partial charge < -0.3 is 15.2 Å². The zero-order valence-corrected chi connectivity index (χ0v) is 20.0. The van der Waals surface area contributed by atoms with Crippen molar-refractivity contribution in [2.45, 2.75) is 11.3 Å². The van der Waals surface area contributed by atoms with Crippen LogP contribution in [0.25, 0.3) is 11.4 Å². The number of anilines is 2. The third-order valence-corrected chi connectivity index (χ3v) is 6.20. The molecule has 0 aliphatic carbocycles. The van der Waals surface area contributed by atoms with Crippen LogP contribution < -0.4 is 10.6 Å². The van der Waals surface area contributed by atoms with Crippen molar-refractivity contribution in [2.75, 3.05) is 16.4 Å². The summed E-state index contributed by atoms with van der Waals surface area (Å²) in [5, 5.41) is 13.6. The van der Waals surface area contributed by atoms with Crippen LogP contribution in [0.5, 0.6) is 0 Å². The summed E-state index contributed by atoms with van der Waals surface area (Å²) < 4.78 is 54.1. The van der Waals surface area contributed by atoms with Gasteiger partial charge in [0.25, 0.3) is 5.91 Å². The lowest BCUT2D eigenvalue weighted by Gasteiger charge is -2.13. The Morgan fingerprint density at radius 3 is 2.27 bits per heavy atom. The largest absolute Gasteiger partial charge is 0.418 e. The molecule has 0 aliphatic heterocycles. The molecule has 0 saturated heterocycles. The number of benzene rings is 3. The summed E-state index contributed by atoms with van der Waals surface area (Å²) in [6.45, 7) is 0. The van der Waals surface area contributed by atoms with E-state index >= 15 is 0 Å². The van der Waals surface area contributed by atoms with E-state index in [1.54, 1.807) is 35.9 Å². The van der Waals surface area contributed by atoms with Gasteiger partial charge in [0.2, 0.25) is 5.91 Å². The number of halogens is 4. The van der Waals surface area contributed by atoms with Gasteiger partial charge in [0.15, 0.2) is 11.0 Å². The first kappa shape index (κ1) is 25.9. The number of amides is 2. The van der Waals surface area contributed by atoms with Gasteiger partial charge in [-0.3, -0.25) is 9.59 Å². The summed E-state index contributed by atoms with van der Waals surface area (Å²) in [4.78, 5) is 24.6. The Morgan fingerprint density at radius 2 is 1.59 bits per heavy atom. The molecule has 37 heavy (non-hydrogen) atoms. The molecule has 2 amide bonds. The molecule has 0 saturated carbocycles. The highest BCUT2D eigenvalue weighted by Crippen LogP contribution is 2.34. The van der Waals surface area contributed by atoms with E-state index in [1.165, 1.54) is 42.5 Å². The molecule has 1 heterocycles. The van der Waals surface area contributed by atoms with Gasteiger partial charge in [-0.15, -0.1) is 10.2 Å². The van der Waals surface area contributed by atoms with Gasteiger partial charge in [-0.05, 0) is 60.7 Å². The van der Waals surface area contributed by atoms with E-state index in [1.807, 2.05) is 0 Å².